The number of amides is 2. The topological polar surface area (TPSA) is 97.1 Å². The first-order valence-corrected chi connectivity index (χ1v) is 7.00. The summed E-state index contributed by atoms with van der Waals surface area (Å²) in [7, 11) is 0. The maximum Gasteiger partial charge on any atom is 0.263 e. The lowest BCUT2D eigenvalue weighted by atomic mass is 10.2. The molecule has 6 nitrogen and oxygen atoms in total. The third-order valence-electron chi connectivity index (χ3n) is 2.60. The van der Waals surface area contributed by atoms with Crippen LogP contribution in [0.5, 0.6) is 0 Å². The zero-order valence-electron chi connectivity index (χ0n) is 11.3. The molecule has 2 amide bonds. The lowest BCUT2D eigenvalue weighted by Gasteiger charge is -2.08. The summed E-state index contributed by atoms with van der Waals surface area (Å²) in [4.78, 5) is 27.9. The molecule has 106 valence electrons. The average Bonchev–Trinajstić information content (AvgIpc) is 2.73. The molecule has 2 heterocycles. The molecular weight excluding hydrogens is 276 g/mol. The summed E-state index contributed by atoms with van der Waals surface area (Å²) in [5, 5.41) is 6.07. The SMILES string of the molecule is CC(C)NC(=O)CNC(=O)c1sc2cnccc2c1N. The molecule has 0 saturated carbocycles. The van der Waals surface area contributed by atoms with Gasteiger partial charge >= 0.3 is 0 Å². The van der Waals surface area contributed by atoms with E-state index >= 15 is 0 Å². The van der Waals surface area contributed by atoms with E-state index < -0.39 is 0 Å². The Balaban J connectivity index is 2.08. The zero-order valence-corrected chi connectivity index (χ0v) is 12.1. The number of hydrogen-bond donors (Lipinski definition) is 3. The Morgan fingerprint density at radius 2 is 2.20 bits per heavy atom. The molecular formula is C13H16N4O2S. The number of carbonyl (C=O) groups excluding carboxylic acids is 2. The molecule has 0 atom stereocenters. The molecule has 0 unspecified atom stereocenters. The quantitative estimate of drug-likeness (QED) is 0.787. The number of nitrogens with zero attached hydrogens (tertiary/aromatic N) is 1. The van der Waals surface area contributed by atoms with Gasteiger partial charge in [0, 0.05) is 23.8 Å². The lowest BCUT2D eigenvalue weighted by molar-refractivity contribution is -0.120. The van der Waals surface area contributed by atoms with Crippen molar-refractivity contribution < 1.29 is 9.59 Å². The van der Waals surface area contributed by atoms with Crippen LogP contribution in [-0.4, -0.2) is 29.4 Å². The van der Waals surface area contributed by atoms with Crippen molar-refractivity contribution in [3.8, 4) is 0 Å². The van der Waals surface area contributed by atoms with Crippen molar-refractivity contribution in [2.24, 2.45) is 0 Å². The maximum absolute atomic E-state index is 12.0. The molecule has 0 fully saturated rings. The normalized spacial score (nSPS) is 10.8. The summed E-state index contributed by atoms with van der Waals surface area (Å²) in [6.07, 6.45) is 3.29. The first-order chi connectivity index (χ1) is 9.49. The minimum absolute atomic E-state index is 0.0415. The molecule has 2 aromatic rings. The van der Waals surface area contributed by atoms with Crippen LogP contribution in [0.2, 0.25) is 0 Å². The fourth-order valence-corrected chi connectivity index (χ4v) is 2.76. The third-order valence-corrected chi connectivity index (χ3v) is 3.75. The van der Waals surface area contributed by atoms with Crippen LogP contribution in [-0.2, 0) is 4.79 Å². The van der Waals surface area contributed by atoms with Gasteiger partial charge in [-0.25, -0.2) is 0 Å². The van der Waals surface area contributed by atoms with Gasteiger partial charge in [0.25, 0.3) is 5.91 Å². The molecule has 20 heavy (non-hydrogen) atoms. The molecule has 0 aliphatic heterocycles. The Morgan fingerprint density at radius 1 is 1.45 bits per heavy atom. The van der Waals surface area contributed by atoms with E-state index in [0.717, 1.165) is 10.1 Å². The van der Waals surface area contributed by atoms with Gasteiger partial charge in [-0.2, -0.15) is 0 Å². The molecule has 0 aliphatic carbocycles. The van der Waals surface area contributed by atoms with Crippen LogP contribution in [0, 0.1) is 0 Å². The van der Waals surface area contributed by atoms with Crippen LogP contribution in [0.3, 0.4) is 0 Å². The van der Waals surface area contributed by atoms with Crippen molar-refractivity contribution in [1.29, 1.82) is 0 Å². The Morgan fingerprint density at radius 3 is 2.85 bits per heavy atom. The number of nitrogen functional groups attached to an aromatic ring is 1. The van der Waals surface area contributed by atoms with Gasteiger partial charge in [-0.3, -0.25) is 14.6 Å². The number of fused-ring (bicyclic) bond motifs is 1. The van der Waals surface area contributed by atoms with E-state index in [4.69, 9.17) is 5.73 Å². The molecule has 0 aromatic carbocycles. The average molecular weight is 292 g/mol. The van der Waals surface area contributed by atoms with Crippen LogP contribution >= 0.6 is 11.3 Å². The second-order valence-electron chi connectivity index (χ2n) is 4.62. The number of nitrogens with two attached hydrogens (primary N) is 1. The van der Waals surface area contributed by atoms with Gasteiger partial charge in [0.05, 0.1) is 16.9 Å². The van der Waals surface area contributed by atoms with Crippen LogP contribution < -0.4 is 16.4 Å². The lowest BCUT2D eigenvalue weighted by Crippen LogP contribution is -2.39. The highest BCUT2D eigenvalue weighted by Crippen LogP contribution is 2.32. The summed E-state index contributed by atoms with van der Waals surface area (Å²) >= 11 is 1.27. The standard InChI is InChI=1S/C13H16N4O2S/c1-7(2)17-10(18)6-16-13(19)12-11(14)8-3-4-15-5-9(8)20-12/h3-5,7H,6,14H2,1-2H3,(H,16,19)(H,17,18). The number of rotatable bonds is 4. The zero-order chi connectivity index (χ0) is 14.7. The van der Waals surface area contributed by atoms with E-state index in [2.05, 4.69) is 15.6 Å². The fraction of sp³-hybridized carbons (Fsp3) is 0.308. The van der Waals surface area contributed by atoms with Gasteiger partial charge in [-0.05, 0) is 19.9 Å². The monoisotopic (exact) mass is 292 g/mol. The molecule has 0 spiro atoms. The summed E-state index contributed by atoms with van der Waals surface area (Å²) in [5.41, 5.74) is 6.37. The van der Waals surface area contributed by atoms with E-state index in [1.165, 1.54) is 11.3 Å². The Labute approximate surface area is 120 Å². The van der Waals surface area contributed by atoms with Crippen molar-refractivity contribution in [1.82, 2.24) is 15.6 Å². The van der Waals surface area contributed by atoms with Gasteiger partial charge in [0.1, 0.15) is 4.88 Å². The van der Waals surface area contributed by atoms with Crippen LogP contribution in [0.25, 0.3) is 10.1 Å². The summed E-state index contributed by atoms with van der Waals surface area (Å²) in [6.45, 7) is 3.65. The number of nitrogens with one attached hydrogen (secondary N) is 2. The van der Waals surface area contributed by atoms with E-state index in [0.29, 0.717) is 10.6 Å². The first-order valence-electron chi connectivity index (χ1n) is 6.18. The third kappa shape index (κ3) is 3.05. The predicted molar refractivity (Wildman–Crippen MR) is 79.6 cm³/mol. The Kier molecular flexibility index (Phi) is 4.19. The second kappa shape index (κ2) is 5.87. The number of carbonyl (C=O) groups is 2. The number of hydrogen-bond acceptors (Lipinski definition) is 5. The minimum atomic E-state index is -0.345. The predicted octanol–water partition coefficient (Wildman–Crippen LogP) is 1.13. The fourth-order valence-electron chi connectivity index (χ4n) is 1.75. The maximum atomic E-state index is 12.0. The number of pyridine rings is 1. The highest BCUT2D eigenvalue weighted by molar-refractivity contribution is 7.21. The van der Waals surface area contributed by atoms with Gasteiger partial charge < -0.3 is 16.4 Å². The van der Waals surface area contributed by atoms with Crippen LogP contribution in [0.1, 0.15) is 23.5 Å². The van der Waals surface area contributed by atoms with E-state index in [9.17, 15) is 9.59 Å². The first kappa shape index (κ1) is 14.3. The molecule has 2 aromatic heterocycles. The van der Waals surface area contributed by atoms with Gasteiger partial charge in [-0.1, -0.05) is 0 Å². The molecule has 4 N–H and O–H groups in total. The smallest absolute Gasteiger partial charge is 0.263 e. The molecule has 0 radical (unpaired) electrons. The van der Waals surface area contributed by atoms with Crippen molar-refractivity contribution in [3.63, 3.8) is 0 Å². The van der Waals surface area contributed by atoms with Gasteiger partial charge in [-0.15, -0.1) is 11.3 Å². The molecule has 7 heteroatoms. The highest BCUT2D eigenvalue weighted by Gasteiger charge is 2.17. The Bertz CT molecular complexity index is 651. The van der Waals surface area contributed by atoms with Crippen molar-refractivity contribution in [2.45, 2.75) is 19.9 Å². The molecule has 0 bridgehead atoms. The minimum Gasteiger partial charge on any atom is -0.397 e. The second-order valence-corrected chi connectivity index (χ2v) is 5.67. The highest BCUT2D eigenvalue weighted by atomic mass is 32.1. The summed E-state index contributed by atoms with van der Waals surface area (Å²) in [6, 6.07) is 1.81. The van der Waals surface area contributed by atoms with Crippen LogP contribution in [0.4, 0.5) is 5.69 Å². The van der Waals surface area contributed by atoms with E-state index in [1.807, 2.05) is 13.8 Å². The van der Waals surface area contributed by atoms with Gasteiger partial charge in [0.15, 0.2) is 0 Å². The van der Waals surface area contributed by atoms with E-state index in [1.54, 1.807) is 18.5 Å². The van der Waals surface area contributed by atoms with Gasteiger partial charge in [0.2, 0.25) is 5.91 Å². The van der Waals surface area contributed by atoms with Crippen molar-refractivity contribution in [3.05, 3.63) is 23.3 Å². The number of thiophene rings is 1. The van der Waals surface area contributed by atoms with E-state index in [-0.39, 0.29) is 24.4 Å². The molecule has 2 rings (SSSR count). The summed E-state index contributed by atoms with van der Waals surface area (Å²) in [5.74, 6) is -0.572. The summed E-state index contributed by atoms with van der Waals surface area (Å²) < 4.78 is 0.849. The van der Waals surface area contributed by atoms with Crippen molar-refractivity contribution >= 4 is 38.9 Å². The number of aromatic nitrogens is 1. The number of anilines is 1. The molecule has 0 aliphatic rings. The Hall–Kier alpha value is -2.15. The molecule has 0 saturated heterocycles. The van der Waals surface area contributed by atoms with Crippen LogP contribution in [0.15, 0.2) is 18.5 Å². The largest absolute Gasteiger partial charge is 0.397 e. The van der Waals surface area contributed by atoms with Crippen molar-refractivity contribution in [2.75, 3.05) is 12.3 Å².